The minimum atomic E-state index is -5.19. The second kappa shape index (κ2) is 21.5. The molecule has 20 heteroatoms. The van der Waals surface area contributed by atoms with Gasteiger partial charge in [-0.25, -0.2) is 9.59 Å². The number of aliphatic carboxylic acids is 1. The zero-order valence-electron chi connectivity index (χ0n) is 35.2. The van der Waals surface area contributed by atoms with Crippen LogP contribution in [0, 0.1) is 11.8 Å². The van der Waals surface area contributed by atoms with Gasteiger partial charge >= 0.3 is 24.3 Å². The number of esters is 2. The van der Waals surface area contributed by atoms with Gasteiger partial charge in [-0.2, -0.15) is 26.3 Å². The van der Waals surface area contributed by atoms with Gasteiger partial charge in [0.05, 0.1) is 53.9 Å². The van der Waals surface area contributed by atoms with E-state index >= 15 is 0 Å². The number of hydrogen-bond donors (Lipinski definition) is 2. The van der Waals surface area contributed by atoms with Crippen molar-refractivity contribution >= 4 is 51.9 Å². The lowest BCUT2D eigenvalue weighted by Gasteiger charge is -2.52. The highest BCUT2D eigenvalue weighted by Crippen LogP contribution is 2.42. The van der Waals surface area contributed by atoms with Crippen LogP contribution in [0.5, 0.6) is 0 Å². The number of carboxylic acid groups (broad SMARTS) is 1. The number of hydrogen-bond acceptors (Lipinski definition) is 11. The molecule has 0 aliphatic carbocycles. The Morgan fingerprint density at radius 3 is 1.51 bits per heavy atom. The zero-order valence-corrected chi connectivity index (χ0v) is 39.2. The highest BCUT2D eigenvalue weighted by Gasteiger charge is 2.52. The summed E-state index contributed by atoms with van der Waals surface area (Å²) in [6.07, 6.45) is -4.79. The number of quaternary nitrogens is 2. The van der Waals surface area contributed by atoms with Gasteiger partial charge in [0.15, 0.2) is 12.2 Å². The number of fused-ring (bicyclic) bond motifs is 6. The Balaban J connectivity index is 0.000000211. The number of alkyl halides is 6. The van der Waals surface area contributed by atoms with Gasteiger partial charge < -0.3 is 55.5 Å². The Morgan fingerprint density at radius 1 is 0.692 bits per heavy atom. The van der Waals surface area contributed by atoms with Crippen LogP contribution in [0.2, 0.25) is 0 Å². The molecule has 4 bridgehead atoms. The van der Waals surface area contributed by atoms with Crippen LogP contribution >= 0.6 is 34.0 Å². The number of carbonyl (C=O) groups is 3. The molecule has 9 heterocycles. The van der Waals surface area contributed by atoms with E-state index in [4.69, 9.17) is 19.4 Å². The van der Waals surface area contributed by atoms with Crippen molar-refractivity contribution < 1.29 is 91.5 Å². The number of nitrogens with zero attached hydrogens (tertiary/aromatic N) is 2. The third-order valence-corrected chi connectivity index (χ3v) is 15.8. The lowest BCUT2D eigenvalue weighted by atomic mass is 9.83. The molecule has 0 saturated carbocycles. The first-order valence-corrected chi connectivity index (χ1v) is 23.6. The Bertz CT molecular complexity index is 2110. The van der Waals surface area contributed by atoms with E-state index in [1.807, 2.05) is 35.7 Å². The third-order valence-electron chi connectivity index (χ3n) is 12.9. The number of carboxylic acids is 1. The number of benzene rings is 1. The molecule has 0 radical (unpaired) electrons. The molecule has 1 unspecified atom stereocenters. The first-order valence-electron chi connectivity index (χ1n) is 20.9. The van der Waals surface area contributed by atoms with Crippen LogP contribution in [0.3, 0.4) is 0 Å². The summed E-state index contributed by atoms with van der Waals surface area (Å²) >= 11 is 3.95. The van der Waals surface area contributed by atoms with Gasteiger partial charge in [0.1, 0.15) is 19.1 Å². The Kier molecular flexibility index (Phi) is 17.4. The predicted molar refractivity (Wildman–Crippen MR) is 227 cm³/mol. The van der Waals surface area contributed by atoms with Gasteiger partial charge in [-0.05, 0) is 40.4 Å². The Labute approximate surface area is 395 Å². The molecule has 65 heavy (non-hydrogen) atoms. The summed E-state index contributed by atoms with van der Waals surface area (Å²) in [6.45, 7) is 10.5. The monoisotopic (exact) mass is 1040 g/mol. The molecule has 10 nitrogen and oxygen atoms in total. The van der Waals surface area contributed by atoms with Crippen molar-refractivity contribution in [3.63, 3.8) is 0 Å². The van der Waals surface area contributed by atoms with Gasteiger partial charge in [-0.1, -0.05) is 55.1 Å². The van der Waals surface area contributed by atoms with Crippen LogP contribution < -0.4 is 22.1 Å². The number of aliphatic hydroxyl groups is 2. The summed E-state index contributed by atoms with van der Waals surface area (Å²) in [5.41, 5.74) is -3.06. The normalized spacial score (nSPS) is 25.6. The van der Waals surface area contributed by atoms with Crippen molar-refractivity contribution in [2.45, 2.75) is 74.3 Å². The van der Waals surface area contributed by atoms with Crippen molar-refractivity contribution in [3.05, 3.63) is 116 Å². The fraction of sp³-hybridized carbons (Fsp3) is 0.489. The Hall–Kier alpha value is -3.63. The average Bonchev–Trinajstić information content (AvgIpc) is 4.10. The summed E-state index contributed by atoms with van der Waals surface area (Å²) in [6, 6.07) is 19.7. The van der Waals surface area contributed by atoms with Gasteiger partial charge in [-0.3, -0.25) is 0 Å². The molecule has 6 aliphatic rings. The molecule has 356 valence electrons. The number of halogens is 7. The van der Waals surface area contributed by atoms with Gasteiger partial charge in [-0.15, -0.1) is 34.0 Å². The second-order valence-corrected chi connectivity index (χ2v) is 19.8. The van der Waals surface area contributed by atoms with E-state index in [1.54, 1.807) is 53.2 Å². The zero-order chi connectivity index (χ0) is 46.4. The number of carbonyl (C=O) groups excluding carboxylic acids is 3. The molecule has 3 aromatic heterocycles. The van der Waals surface area contributed by atoms with E-state index in [2.05, 4.69) is 6.58 Å². The van der Waals surface area contributed by atoms with Crippen LogP contribution in [0.15, 0.2) is 95.5 Å². The smallest absolute Gasteiger partial charge is 0.430 e. The molecule has 0 spiro atoms. The predicted octanol–water partition coefficient (Wildman–Crippen LogP) is 4.17. The molecule has 1 aromatic carbocycles. The fourth-order valence-corrected chi connectivity index (χ4v) is 12.0. The number of piperidine rings is 6. The molecular formula is C45H51BrF6N2O8S3. The molecule has 10 rings (SSSR count). The number of thiophene rings is 3. The maximum absolute atomic E-state index is 13.3. The average molecular weight is 1040 g/mol. The van der Waals surface area contributed by atoms with Crippen LogP contribution in [0.4, 0.5) is 26.3 Å². The van der Waals surface area contributed by atoms with Crippen molar-refractivity contribution in [1.29, 1.82) is 0 Å². The van der Waals surface area contributed by atoms with E-state index in [1.165, 1.54) is 34.0 Å². The number of rotatable bonds is 13. The van der Waals surface area contributed by atoms with E-state index < -0.39 is 47.9 Å². The summed E-state index contributed by atoms with van der Waals surface area (Å²) in [4.78, 5) is 36.9. The maximum atomic E-state index is 13.3. The minimum Gasteiger partial charge on any atom is -1.00 e. The van der Waals surface area contributed by atoms with Gasteiger partial charge in [0.2, 0.25) is 11.2 Å². The van der Waals surface area contributed by atoms with Gasteiger partial charge in [0.25, 0.3) is 0 Å². The second-order valence-electron chi connectivity index (χ2n) is 16.9. The summed E-state index contributed by atoms with van der Waals surface area (Å²) in [7, 11) is 0. The quantitative estimate of drug-likeness (QED) is 0.0884. The largest absolute Gasteiger partial charge is 1.00 e. The fourth-order valence-electron chi connectivity index (χ4n) is 9.43. The standard InChI is InChI=1S/C22H26NO3S.C21H25F3NO3S2.C2HF3O2.BrH/c1-2-12-23-13-10-17(11-14-23)19(16-23)26-21(24)22(25,20-9-6-15-27-20)18-7-4-3-5-8-18;22-20(23,24)8-3-9-25-10-6-15(7-11-25)16(14-25)28-19(26)21(27,17-4-1-12-29-17)18-5-2-13-30-18;3-2(4,5)1(6)7;/h2-9,15,17,19,25H,1,10-14,16H2;1-2,4-5,12-13,15-16,27H,3,6-11,14H2;(H,6,7);1H/q2*+1;;/p-2/t17?,19-,22?,23?;15?,16-,25?;;/m00../s1. The molecule has 3 atom stereocenters. The van der Waals surface area contributed by atoms with Crippen LogP contribution in [0.1, 0.15) is 58.7 Å². The summed E-state index contributed by atoms with van der Waals surface area (Å²) in [5.74, 6) is -3.67. The lowest BCUT2D eigenvalue weighted by Crippen LogP contribution is -3.00. The SMILES string of the molecule is C=CC[N+]12CCC(CC1)[C@@H](OC(=O)C(O)(c1ccccc1)c1cccs1)C2.O=C(O[C@H]1C[N+]2(CCCC(F)(F)F)CCC1CC2)C(O)(c1cccs1)c1cccs1.O=C([O-])C(F)(F)F.[Br-]. The first-order chi connectivity index (χ1) is 30.2. The van der Waals surface area contributed by atoms with Crippen LogP contribution in [0.25, 0.3) is 0 Å². The summed E-state index contributed by atoms with van der Waals surface area (Å²) in [5, 5.41) is 37.2. The molecule has 6 aliphatic heterocycles. The topological polar surface area (TPSA) is 133 Å². The van der Waals surface area contributed by atoms with Crippen molar-refractivity contribution in [1.82, 2.24) is 0 Å². The third kappa shape index (κ3) is 12.3. The lowest BCUT2D eigenvalue weighted by molar-refractivity contribution is -0.946. The molecule has 4 aromatic rings. The van der Waals surface area contributed by atoms with Gasteiger partial charge in [0, 0.05) is 55.9 Å². The van der Waals surface area contributed by atoms with E-state index in [-0.39, 0.29) is 41.5 Å². The molecule has 6 saturated heterocycles. The maximum Gasteiger partial charge on any atom is 0.430 e. The van der Waals surface area contributed by atoms with E-state index in [9.17, 15) is 46.1 Å². The minimum absolute atomic E-state index is 0. The molecular weight excluding hydrogens is 987 g/mol. The van der Waals surface area contributed by atoms with E-state index in [0.717, 1.165) is 69.4 Å². The Morgan fingerprint density at radius 2 is 1.11 bits per heavy atom. The van der Waals surface area contributed by atoms with Crippen LogP contribution in [-0.2, 0) is 35.1 Å². The summed E-state index contributed by atoms with van der Waals surface area (Å²) < 4.78 is 82.8. The van der Waals surface area contributed by atoms with Crippen molar-refractivity contribution in [2.24, 2.45) is 11.8 Å². The highest BCUT2D eigenvalue weighted by atomic mass is 79.9. The van der Waals surface area contributed by atoms with Crippen LogP contribution in [-0.4, -0.2) is 114 Å². The van der Waals surface area contributed by atoms with Crippen molar-refractivity contribution in [3.8, 4) is 0 Å². The number of ether oxygens (including phenoxy) is 2. The highest BCUT2D eigenvalue weighted by molar-refractivity contribution is 7.12. The van der Waals surface area contributed by atoms with E-state index in [0.29, 0.717) is 43.7 Å². The molecule has 0 amide bonds. The first kappa shape index (κ1) is 52.3. The van der Waals surface area contributed by atoms with Crippen molar-refractivity contribution in [2.75, 3.05) is 52.4 Å². The molecule has 6 fully saturated rings. The molecule has 2 N–H and O–H groups in total.